The van der Waals surface area contributed by atoms with Gasteiger partial charge in [-0.2, -0.15) is 5.26 Å². The third kappa shape index (κ3) is 2.12. The van der Waals surface area contributed by atoms with Gasteiger partial charge in [-0.05, 0) is 24.8 Å². The van der Waals surface area contributed by atoms with E-state index in [1.807, 2.05) is 13.0 Å². The van der Waals surface area contributed by atoms with E-state index in [-0.39, 0.29) is 0 Å². The third-order valence-electron chi connectivity index (χ3n) is 1.77. The molecular weight excluding hydrogens is 224 g/mol. The van der Waals surface area contributed by atoms with E-state index in [2.05, 4.69) is 20.2 Å². The van der Waals surface area contributed by atoms with Gasteiger partial charge in [0.05, 0.1) is 11.3 Å². The van der Waals surface area contributed by atoms with E-state index in [4.69, 9.17) is 11.0 Å². The maximum atomic E-state index is 8.66. The van der Waals surface area contributed by atoms with Crippen LogP contribution >= 0.6 is 11.8 Å². The number of hydrogen-bond donors (Lipinski definition) is 2. The number of anilines is 1. The van der Waals surface area contributed by atoms with Crippen molar-refractivity contribution < 1.29 is 0 Å². The monoisotopic (exact) mass is 232 g/mol. The number of nitrogens with zero attached hydrogens (tertiary/aromatic N) is 4. The Kier molecular flexibility index (Phi) is 2.74. The van der Waals surface area contributed by atoms with Crippen LogP contribution in [0.4, 0.5) is 5.69 Å². The summed E-state index contributed by atoms with van der Waals surface area (Å²) in [5.74, 6) is 0.731. The van der Waals surface area contributed by atoms with Gasteiger partial charge in [0.2, 0.25) is 5.16 Å². The lowest BCUT2D eigenvalue weighted by molar-refractivity contribution is 0.965. The highest BCUT2D eigenvalue weighted by Gasteiger charge is 2.08. The minimum absolute atomic E-state index is 0.438. The molecule has 0 bridgehead atoms. The summed E-state index contributed by atoms with van der Waals surface area (Å²) in [6, 6.07) is 3.55. The van der Waals surface area contributed by atoms with Crippen LogP contribution in [0, 0.1) is 18.3 Å². The number of nitriles is 1. The number of aryl methyl sites for hydroxylation is 1. The Balaban J connectivity index is 2.26. The topological polar surface area (TPSA) is 104 Å². The Hall–Kier alpha value is -2.07. The van der Waals surface area contributed by atoms with Crippen molar-refractivity contribution in [2.75, 3.05) is 5.73 Å². The van der Waals surface area contributed by atoms with Gasteiger partial charge in [-0.15, -0.1) is 5.10 Å². The molecule has 80 valence electrons. The number of H-pyrrole nitrogens is 1. The molecule has 16 heavy (non-hydrogen) atoms. The minimum atomic E-state index is 0.438. The fourth-order valence-corrected chi connectivity index (χ4v) is 1.80. The number of hydrogen-bond acceptors (Lipinski definition) is 6. The Morgan fingerprint density at radius 2 is 2.38 bits per heavy atom. The highest BCUT2D eigenvalue weighted by Crippen LogP contribution is 2.27. The number of rotatable bonds is 2. The lowest BCUT2D eigenvalue weighted by Crippen LogP contribution is -1.93. The van der Waals surface area contributed by atoms with Gasteiger partial charge < -0.3 is 5.73 Å². The van der Waals surface area contributed by atoms with Crippen LogP contribution in [-0.4, -0.2) is 20.2 Å². The highest BCUT2D eigenvalue weighted by atomic mass is 32.2. The molecule has 0 unspecified atom stereocenters. The molecule has 2 heterocycles. The fourth-order valence-electron chi connectivity index (χ4n) is 1.07. The first-order valence-electron chi connectivity index (χ1n) is 4.41. The van der Waals surface area contributed by atoms with Crippen LogP contribution < -0.4 is 5.73 Å². The molecule has 2 aromatic heterocycles. The van der Waals surface area contributed by atoms with E-state index in [0.717, 1.165) is 5.82 Å². The summed E-state index contributed by atoms with van der Waals surface area (Å²) < 4.78 is 0. The lowest BCUT2D eigenvalue weighted by atomic mass is 10.3. The zero-order valence-corrected chi connectivity index (χ0v) is 9.25. The molecule has 0 spiro atoms. The highest BCUT2D eigenvalue weighted by molar-refractivity contribution is 7.99. The van der Waals surface area contributed by atoms with Crippen molar-refractivity contribution in [1.82, 2.24) is 20.2 Å². The lowest BCUT2D eigenvalue weighted by Gasteiger charge is -2.00. The Bertz CT molecular complexity index is 555. The van der Waals surface area contributed by atoms with Crippen molar-refractivity contribution >= 4 is 17.4 Å². The zero-order chi connectivity index (χ0) is 11.5. The van der Waals surface area contributed by atoms with Crippen molar-refractivity contribution in [3.05, 3.63) is 23.7 Å². The molecule has 0 aliphatic carbocycles. The Morgan fingerprint density at radius 1 is 1.56 bits per heavy atom. The van der Waals surface area contributed by atoms with Gasteiger partial charge in [-0.3, -0.25) is 5.10 Å². The molecule has 0 aliphatic heterocycles. The van der Waals surface area contributed by atoms with Crippen LogP contribution in [0.1, 0.15) is 11.4 Å². The largest absolute Gasteiger partial charge is 0.396 e. The van der Waals surface area contributed by atoms with Gasteiger partial charge in [0.25, 0.3) is 0 Å². The first-order valence-corrected chi connectivity index (χ1v) is 5.23. The molecule has 0 aromatic carbocycles. The summed E-state index contributed by atoms with van der Waals surface area (Å²) in [5.41, 5.74) is 6.64. The van der Waals surface area contributed by atoms with Crippen LogP contribution in [0.15, 0.2) is 22.4 Å². The fraction of sp³-hybridized carbons (Fsp3) is 0.111. The minimum Gasteiger partial charge on any atom is -0.396 e. The number of nitrogens with one attached hydrogen (secondary N) is 1. The molecule has 0 saturated carbocycles. The molecule has 0 amide bonds. The molecule has 2 aromatic rings. The maximum Gasteiger partial charge on any atom is 0.214 e. The maximum absolute atomic E-state index is 8.66. The smallest absolute Gasteiger partial charge is 0.214 e. The number of aromatic amines is 1. The van der Waals surface area contributed by atoms with E-state index in [9.17, 15) is 0 Å². The van der Waals surface area contributed by atoms with Crippen molar-refractivity contribution in [3.8, 4) is 6.07 Å². The molecule has 0 fully saturated rings. The molecule has 0 radical (unpaired) electrons. The molecule has 3 N–H and O–H groups in total. The van der Waals surface area contributed by atoms with Gasteiger partial charge in [0.15, 0.2) is 0 Å². The molecule has 7 heteroatoms. The number of nitrogens with two attached hydrogens (primary N) is 1. The van der Waals surface area contributed by atoms with Gasteiger partial charge in [0.1, 0.15) is 16.9 Å². The second-order valence-electron chi connectivity index (χ2n) is 3.04. The summed E-state index contributed by atoms with van der Waals surface area (Å²) in [6.07, 6.45) is 1.47. The van der Waals surface area contributed by atoms with E-state index in [1.165, 1.54) is 18.0 Å². The predicted molar refractivity (Wildman–Crippen MR) is 58.6 cm³/mol. The number of aromatic nitrogens is 4. The molecule has 6 nitrogen and oxygen atoms in total. The second-order valence-corrected chi connectivity index (χ2v) is 3.99. The van der Waals surface area contributed by atoms with Gasteiger partial charge >= 0.3 is 0 Å². The first-order chi connectivity index (χ1) is 7.69. The van der Waals surface area contributed by atoms with Crippen LogP contribution in [0.25, 0.3) is 0 Å². The molecule has 0 aliphatic rings. The van der Waals surface area contributed by atoms with Crippen molar-refractivity contribution in [1.29, 1.82) is 5.26 Å². The summed E-state index contributed by atoms with van der Waals surface area (Å²) in [5, 5.41) is 16.5. The van der Waals surface area contributed by atoms with Crippen LogP contribution in [0.3, 0.4) is 0 Å². The van der Waals surface area contributed by atoms with Crippen molar-refractivity contribution in [2.24, 2.45) is 0 Å². The molecule has 0 saturated heterocycles. The quantitative estimate of drug-likeness (QED) is 0.803. The normalized spacial score (nSPS) is 10.0. The molecule has 0 atom stereocenters. The average Bonchev–Trinajstić information content (AvgIpc) is 2.67. The van der Waals surface area contributed by atoms with E-state index < -0.39 is 0 Å². The van der Waals surface area contributed by atoms with Crippen LogP contribution in [0.2, 0.25) is 0 Å². The SMILES string of the molecule is Cc1nc(Sc2ncc(C#N)cc2N)n[nH]1. The Labute approximate surface area is 95.9 Å². The number of nitrogen functional groups attached to an aromatic ring is 1. The Morgan fingerprint density at radius 3 is 2.94 bits per heavy atom. The average molecular weight is 232 g/mol. The second kappa shape index (κ2) is 4.20. The predicted octanol–water partition coefficient (Wildman–Crippen LogP) is 1.11. The molecular formula is C9H8N6S. The first kappa shape index (κ1) is 10.4. The van der Waals surface area contributed by atoms with Gasteiger partial charge in [-0.1, -0.05) is 0 Å². The third-order valence-corrected chi connectivity index (χ3v) is 2.67. The van der Waals surface area contributed by atoms with Gasteiger partial charge in [-0.25, -0.2) is 9.97 Å². The standard InChI is InChI=1S/C9H8N6S/c1-5-13-9(15-14-5)16-8-7(11)2-6(3-10)4-12-8/h2,4H,11H2,1H3,(H,13,14,15). The molecule has 2 rings (SSSR count). The van der Waals surface area contributed by atoms with E-state index >= 15 is 0 Å². The summed E-state index contributed by atoms with van der Waals surface area (Å²) in [4.78, 5) is 8.20. The van der Waals surface area contributed by atoms with Crippen LogP contribution in [0.5, 0.6) is 0 Å². The summed E-state index contributed by atoms with van der Waals surface area (Å²) in [6.45, 7) is 1.81. The van der Waals surface area contributed by atoms with Gasteiger partial charge in [0, 0.05) is 6.20 Å². The summed E-state index contributed by atoms with van der Waals surface area (Å²) in [7, 11) is 0. The zero-order valence-electron chi connectivity index (χ0n) is 8.43. The summed E-state index contributed by atoms with van der Waals surface area (Å²) >= 11 is 1.26. The number of pyridine rings is 1. The van der Waals surface area contributed by atoms with Crippen molar-refractivity contribution in [3.63, 3.8) is 0 Å². The van der Waals surface area contributed by atoms with E-state index in [1.54, 1.807) is 6.07 Å². The van der Waals surface area contributed by atoms with Crippen molar-refractivity contribution in [2.45, 2.75) is 17.1 Å². The van der Waals surface area contributed by atoms with E-state index in [0.29, 0.717) is 21.4 Å². The van der Waals surface area contributed by atoms with Crippen LogP contribution in [-0.2, 0) is 0 Å².